The number of aromatic nitrogens is 2. The van der Waals surface area contributed by atoms with Gasteiger partial charge in [0, 0.05) is 36.8 Å². The van der Waals surface area contributed by atoms with E-state index in [-0.39, 0.29) is 5.60 Å². The SMILES string of the molecule is c1cnc(N[C@H]2CO[C@@]3(CCCN(Cc4cccs4)C3)C2)nc1. The van der Waals surface area contributed by atoms with Crippen molar-refractivity contribution < 1.29 is 4.74 Å². The molecule has 2 aromatic heterocycles. The first-order chi connectivity index (χ1) is 11.3. The summed E-state index contributed by atoms with van der Waals surface area (Å²) in [5, 5.41) is 5.56. The van der Waals surface area contributed by atoms with Crippen molar-refractivity contribution in [2.45, 2.75) is 37.5 Å². The summed E-state index contributed by atoms with van der Waals surface area (Å²) in [5.74, 6) is 0.699. The minimum absolute atomic E-state index is 0.00194. The maximum atomic E-state index is 6.26. The molecule has 0 aromatic carbocycles. The number of nitrogens with zero attached hydrogens (tertiary/aromatic N) is 3. The number of rotatable bonds is 4. The van der Waals surface area contributed by atoms with Crippen LogP contribution in [-0.2, 0) is 11.3 Å². The Morgan fingerprint density at radius 2 is 2.26 bits per heavy atom. The van der Waals surface area contributed by atoms with Gasteiger partial charge < -0.3 is 10.1 Å². The van der Waals surface area contributed by atoms with Gasteiger partial charge in [0.15, 0.2) is 0 Å². The molecule has 1 N–H and O–H groups in total. The van der Waals surface area contributed by atoms with Crippen LogP contribution in [0.3, 0.4) is 0 Å². The molecule has 0 saturated carbocycles. The summed E-state index contributed by atoms with van der Waals surface area (Å²) in [7, 11) is 0. The molecule has 6 heteroatoms. The van der Waals surface area contributed by atoms with Crippen molar-refractivity contribution >= 4 is 17.3 Å². The van der Waals surface area contributed by atoms with Crippen LogP contribution in [0.2, 0.25) is 0 Å². The Balaban J connectivity index is 1.37. The molecule has 0 unspecified atom stereocenters. The van der Waals surface area contributed by atoms with Crippen molar-refractivity contribution in [3.05, 3.63) is 40.8 Å². The van der Waals surface area contributed by atoms with Crippen molar-refractivity contribution in [1.82, 2.24) is 14.9 Å². The molecule has 2 atom stereocenters. The summed E-state index contributed by atoms with van der Waals surface area (Å²) in [6.45, 7) is 3.98. The molecule has 122 valence electrons. The van der Waals surface area contributed by atoms with Gasteiger partial charge in [-0.2, -0.15) is 0 Å². The quantitative estimate of drug-likeness (QED) is 0.934. The van der Waals surface area contributed by atoms with Crippen LogP contribution in [0.15, 0.2) is 36.0 Å². The van der Waals surface area contributed by atoms with E-state index in [0.717, 1.165) is 32.5 Å². The van der Waals surface area contributed by atoms with Crippen LogP contribution in [0.4, 0.5) is 5.95 Å². The number of thiophene rings is 1. The second-order valence-corrected chi connectivity index (χ2v) is 7.54. The fourth-order valence-electron chi connectivity index (χ4n) is 3.73. The summed E-state index contributed by atoms with van der Waals surface area (Å²) in [6.07, 6.45) is 6.93. The largest absolute Gasteiger partial charge is 0.371 e. The molecule has 4 rings (SSSR count). The first-order valence-corrected chi connectivity index (χ1v) is 9.12. The zero-order valence-electron chi connectivity index (χ0n) is 13.1. The van der Waals surface area contributed by atoms with E-state index < -0.39 is 0 Å². The van der Waals surface area contributed by atoms with Crippen LogP contribution in [0.25, 0.3) is 0 Å². The van der Waals surface area contributed by atoms with E-state index in [4.69, 9.17) is 4.74 Å². The van der Waals surface area contributed by atoms with Gasteiger partial charge in [-0.05, 0) is 36.9 Å². The number of ether oxygens (including phenoxy) is 1. The predicted octanol–water partition coefficient (Wildman–Crippen LogP) is 2.77. The normalized spacial score (nSPS) is 28.3. The van der Waals surface area contributed by atoms with E-state index in [2.05, 4.69) is 37.7 Å². The molecular formula is C17H22N4OS. The highest BCUT2D eigenvalue weighted by atomic mass is 32.1. The molecule has 2 aliphatic rings. The fourth-order valence-corrected chi connectivity index (χ4v) is 4.47. The van der Waals surface area contributed by atoms with E-state index in [1.165, 1.54) is 17.8 Å². The van der Waals surface area contributed by atoms with Gasteiger partial charge in [0.05, 0.1) is 18.2 Å². The molecule has 4 heterocycles. The standard InChI is InChI=1S/C17H22N4OS/c1-4-15(23-9-1)11-21-8-2-5-17(13-21)10-14(12-22-17)20-16-18-6-3-7-19-16/h1,3-4,6-7,9,14H,2,5,8,10-13H2,(H,18,19,20)/t14-,17+/m1/s1. The Morgan fingerprint density at radius 1 is 1.35 bits per heavy atom. The van der Waals surface area contributed by atoms with Crippen molar-refractivity contribution in [2.75, 3.05) is 25.0 Å². The molecule has 0 bridgehead atoms. The smallest absolute Gasteiger partial charge is 0.222 e. The summed E-state index contributed by atoms with van der Waals surface area (Å²) < 4.78 is 6.26. The van der Waals surface area contributed by atoms with Gasteiger partial charge in [0.25, 0.3) is 0 Å². The monoisotopic (exact) mass is 330 g/mol. The lowest BCUT2D eigenvalue weighted by Gasteiger charge is -2.39. The van der Waals surface area contributed by atoms with E-state index in [9.17, 15) is 0 Å². The first kappa shape index (κ1) is 15.1. The Morgan fingerprint density at radius 3 is 3.09 bits per heavy atom. The van der Waals surface area contributed by atoms with Gasteiger partial charge in [-0.3, -0.25) is 4.90 Å². The summed E-state index contributed by atoms with van der Waals surface area (Å²) in [6, 6.07) is 6.49. The lowest BCUT2D eigenvalue weighted by atomic mass is 9.88. The Hall–Kier alpha value is -1.50. The van der Waals surface area contributed by atoms with Gasteiger partial charge in [0.1, 0.15) is 0 Å². The van der Waals surface area contributed by atoms with Crippen LogP contribution in [0.5, 0.6) is 0 Å². The van der Waals surface area contributed by atoms with Gasteiger partial charge in [0.2, 0.25) is 5.95 Å². The highest BCUT2D eigenvalue weighted by Gasteiger charge is 2.43. The minimum atomic E-state index is 0.00194. The molecular weight excluding hydrogens is 308 g/mol. The third-order valence-corrected chi connectivity index (χ3v) is 5.55. The van der Waals surface area contributed by atoms with E-state index in [1.807, 2.05) is 17.4 Å². The number of hydrogen-bond donors (Lipinski definition) is 1. The zero-order valence-corrected chi connectivity index (χ0v) is 14.0. The zero-order chi connectivity index (χ0) is 15.5. The van der Waals surface area contributed by atoms with Crippen LogP contribution in [0.1, 0.15) is 24.1 Å². The van der Waals surface area contributed by atoms with Gasteiger partial charge in [-0.15, -0.1) is 11.3 Å². The number of anilines is 1. The predicted molar refractivity (Wildman–Crippen MR) is 91.6 cm³/mol. The van der Waals surface area contributed by atoms with Crippen LogP contribution < -0.4 is 5.32 Å². The van der Waals surface area contributed by atoms with E-state index >= 15 is 0 Å². The maximum Gasteiger partial charge on any atom is 0.222 e. The maximum absolute atomic E-state index is 6.26. The molecule has 0 radical (unpaired) electrons. The van der Waals surface area contributed by atoms with Crippen molar-refractivity contribution in [2.24, 2.45) is 0 Å². The average Bonchev–Trinajstić information content (AvgIpc) is 3.19. The second-order valence-electron chi connectivity index (χ2n) is 6.51. The number of likely N-dealkylation sites (tertiary alicyclic amines) is 1. The van der Waals surface area contributed by atoms with Gasteiger partial charge >= 0.3 is 0 Å². The molecule has 2 saturated heterocycles. The Kier molecular flexibility index (Phi) is 4.29. The van der Waals surface area contributed by atoms with Crippen molar-refractivity contribution in [3.63, 3.8) is 0 Å². The van der Waals surface area contributed by atoms with Crippen LogP contribution in [-0.4, -0.2) is 46.2 Å². The average molecular weight is 330 g/mol. The number of nitrogens with one attached hydrogen (secondary N) is 1. The highest BCUT2D eigenvalue weighted by molar-refractivity contribution is 7.09. The Bertz CT molecular complexity index is 621. The molecule has 2 aliphatic heterocycles. The van der Waals surface area contributed by atoms with E-state index in [1.54, 1.807) is 12.4 Å². The minimum Gasteiger partial charge on any atom is -0.371 e. The summed E-state index contributed by atoms with van der Waals surface area (Å²) >= 11 is 1.84. The van der Waals surface area contributed by atoms with Crippen LogP contribution >= 0.6 is 11.3 Å². The van der Waals surface area contributed by atoms with Crippen molar-refractivity contribution in [3.8, 4) is 0 Å². The van der Waals surface area contributed by atoms with E-state index in [0.29, 0.717) is 12.0 Å². The molecule has 0 amide bonds. The van der Waals surface area contributed by atoms with Gasteiger partial charge in [-0.25, -0.2) is 9.97 Å². The fraction of sp³-hybridized carbons (Fsp3) is 0.529. The van der Waals surface area contributed by atoms with Gasteiger partial charge in [-0.1, -0.05) is 6.07 Å². The lowest BCUT2D eigenvalue weighted by Crippen LogP contribution is -2.47. The lowest BCUT2D eigenvalue weighted by molar-refractivity contribution is -0.0531. The third-order valence-electron chi connectivity index (χ3n) is 4.69. The molecule has 23 heavy (non-hydrogen) atoms. The molecule has 5 nitrogen and oxygen atoms in total. The molecule has 2 aromatic rings. The number of hydrogen-bond acceptors (Lipinski definition) is 6. The number of piperidine rings is 1. The summed E-state index contributed by atoms with van der Waals surface area (Å²) in [4.78, 5) is 12.5. The highest BCUT2D eigenvalue weighted by Crippen LogP contribution is 2.36. The Labute approximate surface area is 140 Å². The third kappa shape index (κ3) is 3.54. The second kappa shape index (κ2) is 6.55. The molecule has 2 fully saturated rings. The van der Waals surface area contributed by atoms with Crippen molar-refractivity contribution in [1.29, 1.82) is 0 Å². The molecule has 0 aliphatic carbocycles. The first-order valence-electron chi connectivity index (χ1n) is 8.24. The van der Waals surface area contributed by atoms with Crippen LogP contribution in [0, 0.1) is 0 Å². The molecule has 1 spiro atoms. The topological polar surface area (TPSA) is 50.3 Å². The summed E-state index contributed by atoms with van der Waals surface area (Å²) in [5.41, 5.74) is 0.00194.